The van der Waals surface area contributed by atoms with E-state index >= 15 is 0 Å². The van der Waals surface area contributed by atoms with Crippen molar-refractivity contribution in [2.45, 2.75) is 46.0 Å². The van der Waals surface area contributed by atoms with Crippen LogP contribution in [0.2, 0.25) is 0 Å². The quantitative estimate of drug-likeness (QED) is 0.773. The summed E-state index contributed by atoms with van der Waals surface area (Å²) < 4.78 is 5.31. The largest absolute Gasteiger partial charge is 0.496 e. The molecule has 3 heteroatoms. The highest BCUT2D eigenvalue weighted by Gasteiger charge is 2.15. The molecule has 0 unspecified atom stereocenters. The molecule has 1 aromatic rings. The van der Waals surface area contributed by atoms with E-state index in [0.29, 0.717) is 6.42 Å². The molecule has 0 aromatic heterocycles. The van der Waals surface area contributed by atoms with Crippen molar-refractivity contribution in [1.29, 1.82) is 0 Å². The first kappa shape index (κ1) is 16.0. The molecule has 2 rings (SSSR count). The Labute approximate surface area is 128 Å². The van der Waals surface area contributed by atoms with Crippen LogP contribution in [0.1, 0.15) is 53.6 Å². The van der Waals surface area contributed by atoms with E-state index < -0.39 is 0 Å². The molecule has 116 valence electrons. The maximum Gasteiger partial charge on any atom is 0.164 e. The number of benzene rings is 1. The van der Waals surface area contributed by atoms with Crippen molar-refractivity contribution in [3.63, 3.8) is 0 Å². The molecule has 1 heterocycles. The zero-order valence-corrected chi connectivity index (χ0v) is 13.6. The first-order chi connectivity index (χ1) is 10.1. The Hall–Kier alpha value is -1.35. The summed E-state index contributed by atoms with van der Waals surface area (Å²) in [6.45, 7) is 7.16. The van der Waals surface area contributed by atoms with Crippen molar-refractivity contribution in [2.24, 2.45) is 0 Å². The Morgan fingerprint density at radius 3 is 2.38 bits per heavy atom. The molecule has 21 heavy (non-hydrogen) atoms. The molecular formula is C18H27NO2. The molecule has 1 aliphatic rings. The second-order valence-electron chi connectivity index (χ2n) is 6.07. The predicted octanol–water partition coefficient (Wildman–Crippen LogP) is 3.76. The fourth-order valence-corrected chi connectivity index (χ4v) is 3.06. The fraction of sp³-hybridized carbons (Fsp3) is 0.611. The highest BCUT2D eigenvalue weighted by Crippen LogP contribution is 2.23. The van der Waals surface area contributed by atoms with E-state index in [1.54, 1.807) is 7.11 Å². The van der Waals surface area contributed by atoms with Crippen LogP contribution in [0.4, 0.5) is 0 Å². The molecule has 0 spiro atoms. The normalized spacial score (nSPS) is 16.5. The molecule has 0 radical (unpaired) electrons. The van der Waals surface area contributed by atoms with Crippen LogP contribution >= 0.6 is 0 Å². The lowest BCUT2D eigenvalue weighted by atomic mass is 9.99. The van der Waals surface area contributed by atoms with Crippen LogP contribution < -0.4 is 4.74 Å². The summed E-state index contributed by atoms with van der Waals surface area (Å²) in [4.78, 5) is 14.9. The maximum absolute atomic E-state index is 12.5. The van der Waals surface area contributed by atoms with E-state index in [2.05, 4.69) is 4.90 Å². The van der Waals surface area contributed by atoms with Gasteiger partial charge in [-0.25, -0.2) is 0 Å². The van der Waals surface area contributed by atoms with Crippen molar-refractivity contribution in [3.05, 3.63) is 28.8 Å². The summed E-state index contributed by atoms with van der Waals surface area (Å²) >= 11 is 0. The van der Waals surface area contributed by atoms with Crippen LogP contribution in [-0.4, -0.2) is 37.4 Å². The fourth-order valence-electron chi connectivity index (χ4n) is 3.06. The smallest absolute Gasteiger partial charge is 0.164 e. The number of aryl methyl sites for hydroxylation is 2. The zero-order chi connectivity index (χ0) is 15.2. The number of ketones is 1. The molecule has 1 aliphatic heterocycles. The zero-order valence-electron chi connectivity index (χ0n) is 13.6. The topological polar surface area (TPSA) is 29.5 Å². The first-order valence-electron chi connectivity index (χ1n) is 8.02. The minimum absolute atomic E-state index is 0.252. The predicted molar refractivity (Wildman–Crippen MR) is 86.3 cm³/mol. The SMILES string of the molecule is COc1cc(C)c(C(=O)CCN2CCCCCC2)cc1C. The van der Waals surface area contributed by atoms with Crippen molar-refractivity contribution in [3.8, 4) is 5.75 Å². The molecule has 1 saturated heterocycles. The van der Waals surface area contributed by atoms with Gasteiger partial charge in [-0.05, 0) is 63.0 Å². The molecule has 0 saturated carbocycles. The molecule has 3 nitrogen and oxygen atoms in total. The van der Waals surface area contributed by atoms with Gasteiger partial charge in [0.1, 0.15) is 5.75 Å². The summed E-state index contributed by atoms with van der Waals surface area (Å²) in [5.41, 5.74) is 2.89. The number of methoxy groups -OCH3 is 1. The van der Waals surface area contributed by atoms with E-state index in [1.807, 2.05) is 26.0 Å². The number of carbonyl (C=O) groups is 1. The summed E-state index contributed by atoms with van der Waals surface area (Å²) in [7, 11) is 1.67. The van der Waals surface area contributed by atoms with Gasteiger partial charge in [-0.2, -0.15) is 0 Å². The van der Waals surface area contributed by atoms with Crippen molar-refractivity contribution >= 4 is 5.78 Å². The number of Topliss-reactive ketones (excluding diaryl/α,β-unsaturated/α-hetero) is 1. The van der Waals surface area contributed by atoms with Gasteiger partial charge in [0, 0.05) is 18.5 Å². The van der Waals surface area contributed by atoms with Crippen LogP contribution in [0.15, 0.2) is 12.1 Å². The maximum atomic E-state index is 12.5. The number of hydrogen-bond acceptors (Lipinski definition) is 3. The van der Waals surface area contributed by atoms with Crippen LogP contribution in [0, 0.1) is 13.8 Å². The summed E-state index contributed by atoms with van der Waals surface area (Å²) in [6, 6.07) is 3.94. The molecule has 0 atom stereocenters. The van der Waals surface area contributed by atoms with Gasteiger partial charge in [-0.3, -0.25) is 4.79 Å². The lowest BCUT2D eigenvalue weighted by Crippen LogP contribution is -2.27. The van der Waals surface area contributed by atoms with E-state index in [-0.39, 0.29) is 5.78 Å². The highest BCUT2D eigenvalue weighted by atomic mass is 16.5. The number of carbonyl (C=O) groups excluding carboxylic acids is 1. The van der Waals surface area contributed by atoms with Gasteiger partial charge in [0.25, 0.3) is 0 Å². The number of rotatable bonds is 5. The Kier molecular flexibility index (Phi) is 5.80. The van der Waals surface area contributed by atoms with E-state index in [1.165, 1.54) is 25.7 Å². The number of likely N-dealkylation sites (tertiary alicyclic amines) is 1. The van der Waals surface area contributed by atoms with Gasteiger partial charge in [-0.1, -0.05) is 12.8 Å². The van der Waals surface area contributed by atoms with Gasteiger partial charge in [0.15, 0.2) is 5.78 Å². The lowest BCUT2D eigenvalue weighted by Gasteiger charge is -2.19. The Morgan fingerprint density at radius 2 is 1.76 bits per heavy atom. The van der Waals surface area contributed by atoms with Gasteiger partial charge < -0.3 is 9.64 Å². The molecule has 0 N–H and O–H groups in total. The number of ether oxygens (including phenoxy) is 1. The Morgan fingerprint density at radius 1 is 1.10 bits per heavy atom. The van der Waals surface area contributed by atoms with Gasteiger partial charge in [0.05, 0.1) is 7.11 Å². The molecule has 0 aliphatic carbocycles. The van der Waals surface area contributed by atoms with Gasteiger partial charge in [0.2, 0.25) is 0 Å². The summed E-state index contributed by atoms with van der Waals surface area (Å²) in [6.07, 6.45) is 5.83. The minimum atomic E-state index is 0.252. The third kappa shape index (κ3) is 4.31. The van der Waals surface area contributed by atoms with E-state index in [4.69, 9.17) is 4.74 Å². The second kappa shape index (κ2) is 7.60. The highest BCUT2D eigenvalue weighted by molar-refractivity contribution is 5.98. The lowest BCUT2D eigenvalue weighted by molar-refractivity contribution is 0.0964. The molecule has 1 fully saturated rings. The standard InChI is InChI=1S/C18H27NO2/c1-14-13-18(21-3)15(2)12-16(14)17(20)8-11-19-9-6-4-5-7-10-19/h12-13H,4-11H2,1-3H3. The van der Waals surface area contributed by atoms with E-state index in [0.717, 1.165) is 42.1 Å². The first-order valence-corrected chi connectivity index (χ1v) is 8.02. The average Bonchev–Trinajstić information content (AvgIpc) is 2.75. The molecule has 0 amide bonds. The van der Waals surface area contributed by atoms with Crippen molar-refractivity contribution in [1.82, 2.24) is 4.90 Å². The number of nitrogens with zero attached hydrogens (tertiary/aromatic N) is 1. The molecule has 0 bridgehead atoms. The second-order valence-corrected chi connectivity index (χ2v) is 6.07. The minimum Gasteiger partial charge on any atom is -0.496 e. The Balaban J connectivity index is 1.98. The Bertz CT molecular complexity index is 488. The third-order valence-electron chi connectivity index (χ3n) is 4.40. The van der Waals surface area contributed by atoms with E-state index in [9.17, 15) is 4.79 Å². The van der Waals surface area contributed by atoms with Gasteiger partial charge >= 0.3 is 0 Å². The molecular weight excluding hydrogens is 262 g/mol. The van der Waals surface area contributed by atoms with Crippen LogP contribution in [0.5, 0.6) is 5.75 Å². The monoisotopic (exact) mass is 289 g/mol. The van der Waals surface area contributed by atoms with Crippen molar-refractivity contribution < 1.29 is 9.53 Å². The van der Waals surface area contributed by atoms with Crippen LogP contribution in [-0.2, 0) is 0 Å². The van der Waals surface area contributed by atoms with Crippen LogP contribution in [0.25, 0.3) is 0 Å². The third-order valence-corrected chi connectivity index (χ3v) is 4.40. The van der Waals surface area contributed by atoms with Crippen molar-refractivity contribution in [2.75, 3.05) is 26.7 Å². The van der Waals surface area contributed by atoms with Crippen LogP contribution in [0.3, 0.4) is 0 Å². The summed E-state index contributed by atoms with van der Waals surface area (Å²) in [5, 5.41) is 0. The number of hydrogen-bond donors (Lipinski definition) is 0. The average molecular weight is 289 g/mol. The molecule has 1 aromatic carbocycles. The van der Waals surface area contributed by atoms with Gasteiger partial charge in [-0.15, -0.1) is 0 Å². The summed E-state index contributed by atoms with van der Waals surface area (Å²) in [5.74, 6) is 1.11.